The molecular formula is C21H28N2O5S. The zero-order valence-electron chi connectivity index (χ0n) is 17.3. The lowest BCUT2D eigenvalue weighted by Gasteiger charge is -2.20. The Bertz CT molecular complexity index is 940. The van der Waals surface area contributed by atoms with Crippen molar-refractivity contribution in [1.82, 2.24) is 9.62 Å². The predicted octanol–water partition coefficient (Wildman–Crippen LogP) is 2.84. The maximum atomic E-state index is 12.9. The lowest BCUT2D eigenvalue weighted by atomic mass is 10.2. The van der Waals surface area contributed by atoms with Gasteiger partial charge < -0.3 is 14.8 Å². The van der Waals surface area contributed by atoms with E-state index in [1.807, 2.05) is 31.2 Å². The maximum absolute atomic E-state index is 12.9. The minimum absolute atomic E-state index is 0.0208. The minimum atomic E-state index is -3.76. The number of carbonyl (C=O) groups excluding carboxylic acids is 1. The highest BCUT2D eigenvalue weighted by molar-refractivity contribution is 7.89. The van der Waals surface area contributed by atoms with Crippen LogP contribution in [0.2, 0.25) is 0 Å². The second-order valence-electron chi connectivity index (χ2n) is 6.32. The number of hydrogen-bond donors (Lipinski definition) is 1. The van der Waals surface area contributed by atoms with Gasteiger partial charge in [0.2, 0.25) is 10.0 Å². The Kier molecular flexibility index (Phi) is 8.04. The second-order valence-corrected chi connectivity index (χ2v) is 8.23. The number of carbonyl (C=O) groups is 1. The molecule has 0 aromatic heterocycles. The van der Waals surface area contributed by atoms with Crippen LogP contribution in [0.25, 0.3) is 0 Å². The maximum Gasteiger partial charge on any atom is 0.251 e. The average molecular weight is 421 g/mol. The number of nitrogens with one attached hydrogen (secondary N) is 1. The molecule has 2 aromatic carbocycles. The highest BCUT2D eigenvalue weighted by atomic mass is 32.2. The molecular weight excluding hydrogens is 392 g/mol. The molecule has 1 amide bonds. The van der Waals surface area contributed by atoms with Crippen LogP contribution in [0.15, 0.2) is 47.4 Å². The van der Waals surface area contributed by atoms with Gasteiger partial charge in [-0.1, -0.05) is 32.0 Å². The summed E-state index contributed by atoms with van der Waals surface area (Å²) in [5.74, 6) is 0.590. The van der Waals surface area contributed by atoms with Gasteiger partial charge in [0.25, 0.3) is 5.91 Å². The largest absolute Gasteiger partial charge is 0.495 e. The highest BCUT2D eigenvalue weighted by Crippen LogP contribution is 2.28. The number of amides is 1. The molecule has 0 unspecified atom stereocenters. The highest BCUT2D eigenvalue weighted by Gasteiger charge is 2.26. The minimum Gasteiger partial charge on any atom is -0.495 e. The first-order valence-electron chi connectivity index (χ1n) is 9.49. The van der Waals surface area contributed by atoms with E-state index in [4.69, 9.17) is 9.47 Å². The first kappa shape index (κ1) is 22.7. The van der Waals surface area contributed by atoms with E-state index in [1.165, 1.54) is 29.6 Å². The van der Waals surface area contributed by atoms with Crippen LogP contribution in [0.4, 0.5) is 0 Å². The fourth-order valence-electron chi connectivity index (χ4n) is 2.87. The zero-order valence-corrected chi connectivity index (χ0v) is 18.1. The van der Waals surface area contributed by atoms with E-state index in [9.17, 15) is 13.2 Å². The number of sulfonamides is 1. The molecule has 158 valence electrons. The molecule has 1 N–H and O–H groups in total. The first-order chi connectivity index (χ1) is 13.8. The third kappa shape index (κ3) is 5.48. The van der Waals surface area contributed by atoms with E-state index in [0.29, 0.717) is 19.7 Å². The Balaban J connectivity index is 2.10. The first-order valence-corrected chi connectivity index (χ1v) is 10.9. The molecule has 2 rings (SSSR count). The predicted molar refractivity (Wildman–Crippen MR) is 112 cm³/mol. The fourth-order valence-corrected chi connectivity index (χ4v) is 4.51. The van der Waals surface area contributed by atoms with Gasteiger partial charge in [0.1, 0.15) is 23.0 Å². The van der Waals surface area contributed by atoms with Crippen LogP contribution in [0.3, 0.4) is 0 Å². The second kappa shape index (κ2) is 10.3. The van der Waals surface area contributed by atoms with Crippen LogP contribution in [-0.4, -0.2) is 52.0 Å². The number of benzene rings is 2. The summed E-state index contributed by atoms with van der Waals surface area (Å²) in [7, 11) is -2.36. The molecule has 0 saturated carbocycles. The van der Waals surface area contributed by atoms with E-state index in [0.717, 1.165) is 11.3 Å². The van der Waals surface area contributed by atoms with Crippen LogP contribution in [0, 0.1) is 6.92 Å². The molecule has 0 bridgehead atoms. The Morgan fingerprint density at radius 2 is 1.76 bits per heavy atom. The summed E-state index contributed by atoms with van der Waals surface area (Å²) in [5, 5.41) is 2.75. The van der Waals surface area contributed by atoms with Crippen molar-refractivity contribution in [2.45, 2.75) is 25.7 Å². The third-order valence-corrected chi connectivity index (χ3v) is 6.56. The van der Waals surface area contributed by atoms with E-state index in [-0.39, 0.29) is 28.7 Å². The molecule has 7 nitrogen and oxygen atoms in total. The summed E-state index contributed by atoms with van der Waals surface area (Å²) in [6.45, 7) is 6.72. The lowest BCUT2D eigenvalue weighted by Crippen LogP contribution is -2.32. The molecule has 0 aliphatic carbocycles. The van der Waals surface area contributed by atoms with Crippen molar-refractivity contribution in [2.24, 2.45) is 0 Å². The monoisotopic (exact) mass is 420 g/mol. The van der Waals surface area contributed by atoms with E-state index < -0.39 is 10.0 Å². The molecule has 0 fully saturated rings. The average Bonchev–Trinajstić information content (AvgIpc) is 2.72. The number of hydrogen-bond acceptors (Lipinski definition) is 5. The van der Waals surface area contributed by atoms with Crippen molar-refractivity contribution in [3.63, 3.8) is 0 Å². The Morgan fingerprint density at radius 3 is 2.38 bits per heavy atom. The van der Waals surface area contributed by atoms with Gasteiger partial charge in [0, 0.05) is 18.7 Å². The standard InChI is InChI=1S/C21H28N2O5S/c1-5-23(6-2)29(25,26)20-15-17(11-12-19(20)27-4)21(24)22-13-14-28-18-10-8-7-9-16(18)3/h7-12,15H,5-6,13-14H2,1-4H3,(H,22,24). The molecule has 2 aromatic rings. The fraction of sp³-hybridized carbons (Fsp3) is 0.381. The third-order valence-electron chi connectivity index (χ3n) is 4.49. The smallest absolute Gasteiger partial charge is 0.251 e. The van der Waals surface area contributed by atoms with Crippen molar-refractivity contribution < 1.29 is 22.7 Å². The zero-order chi connectivity index (χ0) is 21.4. The van der Waals surface area contributed by atoms with Crippen molar-refractivity contribution in [1.29, 1.82) is 0 Å². The van der Waals surface area contributed by atoms with Crippen molar-refractivity contribution in [3.8, 4) is 11.5 Å². The van der Waals surface area contributed by atoms with Gasteiger partial charge in [-0.25, -0.2) is 8.42 Å². The number of ether oxygens (including phenoxy) is 2. The summed E-state index contributed by atoms with van der Waals surface area (Å²) in [4.78, 5) is 12.5. The van der Waals surface area contributed by atoms with Gasteiger partial charge in [0.15, 0.2) is 0 Å². The molecule has 0 saturated heterocycles. The lowest BCUT2D eigenvalue weighted by molar-refractivity contribution is 0.0946. The number of para-hydroxylation sites is 1. The summed E-state index contributed by atoms with van der Waals surface area (Å²) >= 11 is 0. The topological polar surface area (TPSA) is 84.9 Å². The number of methoxy groups -OCH3 is 1. The van der Waals surface area contributed by atoms with E-state index >= 15 is 0 Å². The molecule has 0 heterocycles. The SMILES string of the molecule is CCN(CC)S(=O)(=O)c1cc(C(=O)NCCOc2ccccc2C)ccc1OC. The molecule has 0 atom stereocenters. The van der Waals surface area contributed by atoms with Gasteiger partial charge in [-0.15, -0.1) is 0 Å². The van der Waals surface area contributed by atoms with Crippen LogP contribution in [-0.2, 0) is 10.0 Å². The number of rotatable bonds is 10. The summed E-state index contributed by atoms with van der Waals surface area (Å²) in [6.07, 6.45) is 0. The van der Waals surface area contributed by atoms with Gasteiger partial charge >= 0.3 is 0 Å². The van der Waals surface area contributed by atoms with E-state index in [1.54, 1.807) is 13.8 Å². The Labute approximate surface area is 172 Å². The quantitative estimate of drug-likeness (QED) is 0.598. The van der Waals surface area contributed by atoms with Gasteiger partial charge in [-0.05, 0) is 36.8 Å². The van der Waals surface area contributed by atoms with Crippen molar-refractivity contribution in [2.75, 3.05) is 33.4 Å². The number of aryl methyl sites for hydroxylation is 1. The van der Waals surface area contributed by atoms with Crippen LogP contribution >= 0.6 is 0 Å². The summed E-state index contributed by atoms with van der Waals surface area (Å²) in [5.41, 5.74) is 1.26. The molecule has 0 radical (unpaired) electrons. The van der Waals surface area contributed by atoms with Gasteiger partial charge in [-0.3, -0.25) is 4.79 Å². The Hall–Kier alpha value is -2.58. The van der Waals surface area contributed by atoms with Crippen LogP contribution < -0.4 is 14.8 Å². The molecule has 29 heavy (non-hydrogen) atoms. The number of nitrogens with zero attached hydrogens (tertiary/aromatic N) is 1. The van der Waals surface area contributed by atoms with Gasteiger partial charge in [-0.2, -0.15) is 4.31 Å². The molecule has 8 heteroatoms. The normalized spacial score (nSPS) is 11.3. The van der Waals surface area contributed by atoms with Crippen molar-refractivity contribution in [3.05, 3.63) is 53.6 Å². The molecule has 0 aliphatic rings. The van der Waals surface area contributed by atoms with Gasteiger partial charge in [0.05, 0.1) is 13.7 Å². The van der Waals surface area contributed by atoms with E-state index in [2.05, 4.69) is 5.32 Å². The van der Waals surface area contributed by atoms with Crippen LogP contribution in [0.1, 0.15) is 29.8 Å². The van der Waals surface area contributed by atoms with Crippen LogP contribution in [0.5, 0.6) is 11.5 Å². The summed E-state index contributed by atoms with van der Waals surface area (Å²) < 4.78 is 38.0. The molecule has 0 spiro atoms. The Morgan fingerprint density at radius 1 is 1.07 bits per heavy atom. The molecule has 0 aliphatic heterocycles. The van der Waals surface area contributed by atoms with Crippen molar-refractivity contribution >= 4 is 15.9 Å². The summed E-state index contributed by atoms with van der Waals surface area (Å²) in [6, 6.07) is 12.0.